The summed E-state index contributed by atoms with van der Waals surface area (Å²) in [6, 6.07) is 11.9. The van der Waals surface area contributed by atoms with Crippen molar-refractivity contribution in [2.75, 3.05) is 13.7 Å². The van der Waals surface area contributed by atoms with Crippen LogP contribution in [-0.4, -0.2) is 13.7 Å². The van der Waals surface area contributed by atoms with Crippen LogP contribution >= 0.6 is 11.6 Å². The Hall–Kier alpha value is -1.71. The summed E-state index contributed by atoms with van der Waals surface area (Å²) in [5.74, 6) is 1.50. The van der Waals surface area contributed by atoms with Crippen LogP contribution in [0, 0.1) is 6.92 Å². The second-order valence-electron chi connectivity index (χ2n) is 5.26. The molecule has 4 heteroatoms. The van der Waals surface area contributed by atoms with E-state index in [4.69, 9.17) is 26.8 Å². The Morgan fingerprint density at radius 1 is 1.09 bits per heavy atom. The van der Waals surface area contributed by atoms with Gasteiger partial charge in [-0.1, -0.05) is 23.7 Å². The quantitative estimate of drug-likeness (QED) is 0.834. The van der Waals surface area contributed by atoms with Gasteiger partial charge in [0.15, 0.2) is 0 Å². The Morgan fingerprint density at radius 3 is 2.55 bits per heavy atom. The maximum absolute atomic E-state index is 6.20. The average molecular weight is 320 g/mol. The zero-order valence-corrected chi connectivity index (χ0v) is 13.8. The van der Waals surface area contributed by atoms with Gasteiger partial charge in [0.1, 0.15) is 18.1 Å². The molecule has 0 unspecified atom stereocenters. The molecule has 0 aliphatic carbocycles. The highest BCUT2D eigenvalue weighted by molar-refractivity contribution is 6.32. The average Bonchev–Trinajstić information content (AvgIpc) is 2.52. The SMILES string of the molecule is COc1ccc(CCCN)cc1COc1ccc(C)cc1Cl. The summed E-state index contributed by atoms with van der Waals surface area (Å²) in [6.07, 6.45) is 1.93. The number of halogens is 1. The molecule has 0 spiro atoms. The van der Waals surface area contributed by atoms with E-state index < -0.39 is 0 Å². The van der Waals surface area contributed by atoms with Gasteiger partial charge < -0.3 is 15.2 Å². The van der Waals surface area contributed by atoms with Crippen molar-refractivity contribution in [1.29, 1.82) is 0 Å². The zero-order valence-electron chi connectivity index (χ0n) is 13.1. The van der Waals surface area contributed by atoms with Crippen molar-refractivity contribution in [1.82, 2.24) is 0 Å². The van der Waals surface area contributed by atoms with Crippen LogP contribution in [0.25, 0.3) is 0 Å². The summed E-state index contributed by atoms with van der Waals surface area (Å²) in [6.45, 7) is 3.11. The number of methoxy groups -OCH3 is 1. The summed E-state index contributed by atoms with van der Waals surface area (Å²) < 4.78 is 11.2. The Labute approximate surface area is 137 Å². The van der Waals surface area contributed by atoms with Gasteiger partial charge in [-0.3, -0.25) is 0 Å². The zero-order chi connectivity index (χ0) is 15.9. The van der Waals surface area contributed by atoms with Crippen molar-refractivity contribution >= 4 is 11.6 Å². The first kappa shape index (κ1) is 16.7. The highest BCUT2D eigenvalue weighted by Gasteiger charge is 2.08. The number of hydrogen-bond acceptors (Lipinski definition) is 3. The molecule has 0 amide bonds. The molecule has 0 heterocycles. The minimum Gasteiger partial charge on any atom is -0.496 e. The molecule has 2 aromatic rings. The Balaban J connectivity index is 2.13. The first-order chi connectivity index (χ1) is 10.6. The van der Waals surface area contributed by atoms with Crippen LogP contribution in [0.5, 0.6) is 11.5 Å². The molecule has 0 bridgehead atoms. The van der Waals surface area contributed by atoms with Crippen molar-refractivity contribution in [3.8, 4) is 11.5 Å². The summed E-state index contributed by atoms with van der Waals surface area (Å²) >= 11 is 6.20. The summed E-state index contributed by atoms with van der Waals surface area (Å²) in [5, 5.41) is 0.623. The third-order valence-corrected chi connectivity index (χ3v) is 3.78. The molecule has 2 aromatic carbocycles. The normalized spacial score (nSPS) is 10.5. The van der Waals surface area contributed by atoms with E-state index >= 15 is 0 Å². The number of ether oxygens (including phenoxy) is 2. The highest BCUT2D eigenvalue weighted by Crippen LogP contribution is 2.28. The molecule has 0 aliphatic heterocycles. The molecule has 0 radical (unpaired) electrons. The predicted molar refractivity (Wildman–Crippen MR) is 90.9 cm³/mol. The Bertz CT molecular complexity index is 628. The van der Waals surface area contributed by atoms with E-state index in [1.54, 1.807) is 7.11 Å². The lowest BCUT2D eigenvalue weighted by Gasteiger charge is -2.13. The standard InChI is InChI=1S/C18H22ClNO2/c1-13-5-7-18(16(19)10-13)22-12-15-11-14(4-3-9-20)6-8-17(15)21-2/h5-8,10-11H,3-4,9,12,20H2,1-2H3. The van der Waals surface area contributed by atoms with E-state index in [2.05, 4.69) is 12.1 Å². The van der Waals surface area contributed by atoms with Crippen molar-refractivity contribution in [2.24, 2.45) is 5.73 Å². The Morgan fingerprint density at radius 2 is 1.86 bits per heavy atom. The third-order valence-electron chi connectivity index (χ3n) is 3.48. The summed E-state index contributed by atoms with van der Waals surface area (Å²) in [4.78, 5) is 0. The summed E-state index contributed by atoms with van der Waals surface area (Å²) in [5.41, 5.74) is 8.92. The predicted octanol–water partition coefficient (Wildman–Crippen LogP) is 4.13. The molecule has 0 atom stereocenters. The molecular formula is C18H22ClNO2. The maximum Gasteiger partial charge on any atom is 0.138 e. The third kappa shape index (κ3) is 4.39. The summed E-state index contributed by atoms with van der Waals surface area (Å²) in [7, 11) is 1.66. The van der Waals surface area contributed by atoms with Crippen LogP contribution in [0.4, 0.5) is 0 Å². The fraction of sp³-hybridized carbons (Fsp3) is 0.333. The number of benzene rings is 2. The van der Waals surface area contributed by atoms with Gasteiger partial charge in [0.25, 0.3) is 0 Å². The van der Waals surface area contributed by atoms with Crippen molar-refractivity contribution in [2.45, 2.75) is 26.4 Å². The molecule has 2 rings (SSSR count). The molecule has 0 aromatic heterocycles. The van der Waals surface area contributed by atoms with E-state index in [0.717, 1.165) is 29.7 Å². The van der Waals surface area contributed by atoms with E-state index in [1.807, 2.05) is 31.2 Å². The maximum atomic E-state index is 6.20. The van der Waals surface area contributed by atoms with Gasteiger partial charge in [0, 0.05) is 5.56 Å². The van der Waals surface area contributed by atoms with Crippen LogP contribution in [0.2, 0.25) is 5.02 Å². The van der Waals surface area contributed by atoms with Gasteiger partial charge >= 0.3 is 0 Å². The second kappa shape index (κ2) is 8.06. The lowest BCUT2D eigenvalue weighted by atomic mass is 10.1. The number of rotatable bonds is 7. The molecule has 2 N–H and O–H groups in total. The van der Waals surface area contributed by atoms with E-state index in [0.29, 0.717) is 23.9 Å². The molecule has 0 fully saturated rings. The van der Waals surface area contributed by atoms with Gasteiger partial charge in [-0.15, -0.1) is 0 Å². The highest BCUT2D eigenvalue weighted by atomic mass is 35.5. The van der Waals surface area contributed by atoms with Crippen LogP contribution in [0.1, 0.15) is 23.1 Å². The molecule has 0 aliphatic rings. The van der Waals surface area contributed by atoms with Crippen LogP contribution in [-0.2, 0) is 13.0 Å². The van der Waals surface area contributed by atoms with Crippen LogP contribution in [0.15, 0.2) is 36.4 Å². The monoisotopic (exact) mass is 319 g/mol. The molecule has 0 saturated carbocycles. The lowest BCUT2D eigenvalue weighted by molar-refractivity contribution is 0.296. The first-order valence-corrected chi connectivity index (χ1v) is 7.76. The first-order valence-electron chi connectivity index (χ1n) is 7.39. The molecule has 22 heavy (non-hydrogen) atoms. The molecule has 0 saturated heterocycles. The van der Waals surface area contributed by atoms with Gasteiger partial charge in [-0.2, -0.15) is 0 Å². The minimum absolute atomic E-state index is 0.419. The molecule has 3 nitrogen and oxygen atoms in total. The van der Waals surface area contributed by atoms with Crippen molar-refractivity contribution < 1.29 is 9.47 Å². The lowest BCUT2D eigenvalue weighted by Crippen LogP contribution is -2.03. The van der Waals surface area contributed by atoms with Gasteiger partial charge in [-0.25, -0.2) is 0 Å². The minimum atomic E-state index is 0.419. The van der Waals surface area contributed by atoms with Crippen molar-refractivity contribution in [3.63, 3.8) is 0 Å². The largest absolute Gasteiger partial charge is 0.496 e. The number of nitrogens with two attached hydrogens (primary N) is 1. The van der Waals surface area contributed by atoms with E-state index in [9.17, 15) is 0 Å². The number of aryl methyl sites for hydroxylation is 2. The van der Waals surface area contributed by atoms with Gasteiger partial charge in [-0.05, 0) is 61.7 Å². The topological polar surface area (TPSA) is 44.5 Å². The fourth-order valence-corrected chi connectivity index (χ4v) is 2.57. The molecule has 118 valence electrons. The van der Waals surface area contributed by atoms with Crippen LogP contribution in [0.3, 0.4) is 0 Å². The van der Waals surface area contributed by atoms with Gasteiger partial charge in [0.2, 0.25) is 0 Å². The van der Waals surface area contributed by atoms with Crippen molar-refractivity contribution in [3.05, 3.63) is 58.1 Å². The Kier molecular flexibility index (Phi) is 6.10. The number of hydrogen-bond donors (Lipinski definition) is 1. The van der Waals surface area contributed by atoms with E-state index in [-0.39, 0.29) is 0 Å². The van der Waals surface area contributed by atoms with Gasteiger partial charge in [0.05, 0.1) is 12.1 Å². The molecular weight excluding hydrogens is 298 g/mol. The second-order valence-corrected chi connectivity index (χ2v) is 5.67. The smallest absolute Gasteiger partial charge is 0.138 e. The fourth-order valence-electron chi connectivity index (χ4n) is 2.28. The van der Waals surface area contributed by atoms with Crippen LogP contribution < -0.4 is 15.2 Å². The van der Waals surface area contributed by atoms with E-state index in [1.165, 1.54) is 5.56 Å².